The minimum absolute atomic E-state index is 0. The van der Waals surface area contributed by atoms with Gasteiger partial charge in [-0.2, -0.15) is 8.42 Å². The number of benzene rings is 1. The van der Waals surface area contributed by atoms with Crippen LogP contribution in [0.25, 0.3) is 0 Å². The number of non-ortho nitro benzene ring substituents is 1. The van der Waals surface area contributed by atoms with Crippen molar-refractivity contribution in [1.82, 2.24) is 0 Å². The topological polar surface area (TPSA) is 116 Å². The van der Waals surface area contributed by atoms with Gasteiger partial charge in [0.2, 0.25) is 0 Å². The Balaban J connectivity index is 0.00000441. The van der Waals surface area contributed by atoms with Crippen molar-refractivity contribution < 1.29 is 27.4 Å². The van der Waals surface area contributed by atoms with Gasteiger partial charge in [0.05, 0.1) is 11.5 Å². The molecular formula is C12H18NNaO7S. The maximum absolute atomic E-state index is 11.2. The Kier molecular flexibility index (Phi) is 9.81. The van der Waals surface area contributed by atoms with Crippen LogP contribution in [0.5, 0.6) is 5.75 Å². The van der Waals surface area contributed by atoms with Crippen molar-refractivity contribution in [2.45, 2.75) is 24.7 Å². The normalized spacial score (nSPS) is 10.8. The summed E-state index contributed by atoms with van der Waals surface area (Å²) in [5.41, 5.74) is -0.450. The SMILES string of the molecule is CCCCOCCOc1ccc([N+](=O)[O-])cc1S(=O)(=O)O.[NaH]. The van der Waals surface area contributed by atoms with Gasteiger partial charge in [-0.25, -0.2) is 0 Å². The van der Waals surface area contributed by atoms with Crippen molar-refractivity contribution in [3.05, 3.63) is 28.3 Å². The summed E-state index contributed by atoms with van der Waals surface area (Å²) in [6.07, 6.45) is 1.91. The van der Waals surface area contributed by atoms with Gasteiger partial charge in [-0.15, -0.1) is 0 Å². The first-order chi connectivity index (χ1) is 9.86. The number of unbranched alkanes of at least 4 members (excludes halogenated alkanes) is 1. The summed E-state index contributed by atoms with van der Waals surface area (Å²) >= 11 is 0. The van der Waals surface area contributed by atoms with Gasteiger partial charge < -0.3 is 9.47 Å². The fraction of sp³-hybridized carbons (Fsp3) is 0.500. The van der Waals surface area contributed by atoms with Crippen molar-refractivity contribution in [1.29, 1.82) is 0 Å². The van der Waals surface area contributed by atoms with Crippen LogP contribution in [0, 0.1) is 10.1 Å². The average Bonchev–Trinajstić information content (AvgIpc) is 2.41. The quantitative estimate of drug-likeness (QED) is 0.237. The van der Waals surface area contributed by atoms with Crippen molar-refractivity contribution >= 4 is 45.4 Å². The zero-order chi connectivity index (χ0) is 15.9. The van der Waals surface area contributed by atoms with Crippen LogP contribution in [0.4, 0.5) is 5.69 Å². The van der Waals surface area contributed by atoms with Crippen molar-refractivity contribution in [3.63, 3.8) is 0 Å². The molecule has 10 heteroatoms. The Bertz CT molecular complexity index is 591. The number of hydrogen-bond donors (Lipinski definition) is 1. The zero-order valence-corrected chi connectivity index (χ0v) is 12.3. The molecule has 0 heterocycles. The van der Waals surface area contributed by atoms with Crippen LogP contribution >= 0.6 is 0 Å². The third kappa shape index (κ3) is 7.03. The van der Waals surface area contributed by atoms with E-state index in [0.29, 0.717) is 6.61 Å². The van der Waals surface area contributed by atoms with Gasteiger partial charge >= 0.3 is 29.6 Å². The van der Waals surface area contributed by atoms with E-state index in [2.05, 4.69) is 0 Å². The Morgan fingerprint density at radius 3 is 2.50 bits per heavy atom. The Morgan fingerprint density at radius 1 is 1.27 bits per heavy atom. The molecule has 0 spiro atoms. The summed E-state index contributed by atoms with van der Waals surface area (Å²) in [7, 11) is -4.61. The summed E-state index contributed by atoms with van der Waals surface area (Å²) in [6.45, 7) is 2.92. The van der Waals surface area contributed by atoms with E-state index < -0.39 is 25.6 Å². The van der Waals surface area contributed by atoms with E-state index in [1.165, 1.54) is 0 Å². The van der Waals surface area contributed by atoms with Crippen LogP contribution in [-0.4, -0.2) is 67.3 Å². The fourth-order valence-electron chi connectivity index (χ4n) is 1.49. The molecule has 0 bridgehead atoms. The molecule has 0 atom stereocenters. The van der Waals surface area contributed by atoms with Gasteiger partial charge in [-0.05, 0) is 12.5 Å². The second-order valence-corrected chi connectivity index (χ2v) is 5.57. The van der Waals surface area contributed by atoms with E-state index in [9.17, 15) is 18.5 Å². The summed E-state index contributed by atoms with van der Waals surface area (Å²) in [5.74, 6) is -0.151. The molecule has 0 aliphatic rings. The molecule has 22 heavy (non-hydrogen) atoms. The standard InChI is InChI=1S/C12H17NO7S.Na.H/c1-2-3-6-19-7-8-20-11-5-4-10(13(14)15)9-12(11)21(16,17)18;;/h4-5,9H,2-3,6-8H2,1H3,(H,16,17,18);;. The molecule has 1 N–H and O–H groups in total. The molecule has 0 aliphatic carbocycles. The molecule has 0 aliphatic heterocycles. The van der Waals surface area contributed by atoms with Gasteiger partial charge in [-0.3, -0.25) is 14.7 Å². The van der Waals surface area contributed by atoms with E-state index in [-0.39, 0.29) is 48.5 Å². The summed E-state index contributed by atoms with van der Waals surface area (Å²) in [5, 5.41) is 10.6. The molecule has 0 fully saturated rings. The molecule has 1 aromatic rings. The monoisotopic (exact) mass is 343 g/mol. The summed E-state index contributed by atoms with van der Waals surface area (Å²) in [6, 6.07) is 2.98. The number of rotatable bonds is 9. The first-order valence-electron chi connectivity index (χ1n) is 6.32. The van der Waals surface area contributed by atoms with Gasteiger partial charge in [0.1, 0.15) is 17.3 Å². The molecule has 1 aromatic carbocycles. The molecule has 0 saturated carbocycles. The molecule has 120 valence electrons. The van der Waals surface area contributed by atoms with E-state index in [0.717, 1.165) is 31.0 Å². The zero-order valence-electron chi connectivity index (χ0n) is 11.5. The van der Waals surface area contributed by atoms with Gasteiger partial charge in [-0.1, -0.05) is 13.3 Å². The van der Waals surface area contributed by atoms with E-state index in [1.54, 1.807) is 0 Å². The molecule has 1 rings (SSSR count). The predicted octanol–water partition coefficient (Wildman–Crippen LogP) is 1.39. The van der Waals surface area contributed by atoms with Crippen LogP contribution in [0.1, 0.15) is 19.8 Å². The van der Waals surface area contributed by atoms with Gasteiger partial charge in [0, 0.05) is 18.7 Å². The molecule has 0 radical (unpaired) electrons. The third-order valence-electron chi connectivity index (χ3n) is 2.54. The number of ether oxygens (including phenoxy) is 2. The summed E-state index contributed by atoms with van der Waals surface area (Å²) in [4.78, 5) is 9.23. The molecule has 0 saturated heterocycles. The van der Waals surface area contributed by atoms with Crippen LogP contribution in [0.3, 0.4) is 0 Å². The second kappa shape index (κ2) is 10.1. The Hall–Kier alpha value is -0.710. The number of hydrogen-bond acceptors (Lipinski definition) is 6. The fourth-order valence-corrected chi connectivity index (χ4v) is 2.14. The van der Waals surface area contributed by atoms with Crippen LogP contribution in [0.15, 0.2) is 23.1 Å². The van der Waals surface area contributed by atoms with E-state index in [4.69, 9.17) is 14.0 Å². The van der Waals surface area contributed by atoms with Crippen molar-refractivity contribution in [2.24, 2.45) is 0 Å². The number of nitro benzene ring substituents is 1. The summed E-state index contributed by atoms with van der Waals surface area (Å²) < 4.78 is 42.0. The van der Waals surface area contributed by atoms with Crippen LogP contribution in [0.2, 0.25) is 0 Å². The molecule has 8 nitrogen and oxygen atoms in total. The maximum atomic E-state index is 11.2. The van der Waals surface area contributed by atoms with Crippen LogP contribution < -0.4 is 4.74 Å². The van der Waals surface area contributed by atoms with Crippen LogP contribution in [-0.2, 0) is 14.9 Å². The molecule has 0 unspecified atom stereocenters. The third-order valence-corrected chi connectivity index (χ3v) is 3.42. The average molecular weight is 343 g/mol. The predicted molar refractivity (Wildman–Crippen MR) is 81.3 cm³/mol. The number of nitrogens with zero attached hydrogens (tertiary/aromatic N) is 1. The van der Waals surface area contributed by atoms with Gasteiger partial charge in [0.15, 0.2) is 0 Å². The minimum atomic E-state index is -4.61. The first kappa shape index (κ1) is 21.3. The molecule has 0 aromatic heterocycles. The van der Waals surface area contributed by atoms with E-state index >= 15 is 0 Å². The first-order valence-corrected chi connectivity index (χ1v) is 7.76. The van der Waals surface area contributed by atoms with E-state index in [1.807, 2.05) is 6.92 Å². The second-order valence-electron chi connectivity index (χ2n) is 4.18. The Labute approximate surface area is 151 Å². The Morgan fingerprint density at radius 2 is 1.95 bits per heavy atom. The van der Waals surface area contributed by atoms with Gasteiger partial charge in [0.25, 0.3) is 15.8 Å². The molecular weight excluding hydrogens is 325 g/mol. The number of nitro groups is 1. The molecule has 0 amide bonds. The van der Waals surface area contributed by atoms with Crippen molar-refractivity contribution in [3.8, 4) is 5.75 Å². The van der Waals surface area contributed by atoms with Crippen molar-refractivity contribution in [2.75, 3.05) is 19.8 Å².